The molecule has 1 saturated carbocycles. The molecule has 5 rings (SSSR count). The number of rotatable bonds is 7. The highest BCUT2D eigenvalue weighted by molar-refractivity contribution is 5.95. The van der Waals surface area contributed by atoms with E-state index in [0.717, 1.165) is 56.8 Å². The van der Waals surface area contributed by atoms with Gasteiger partial charge in [0.25, 0.3) is 11.8 Å². The average molecular weight is 492 g/mol. The third-order valence-electron chi connectivity index (χ3n) is 7.78. The van der Waals surface area contributed by atoms with Crippen molar-refractivity contribution in [3.63, 3.8) is 0 Å². The van der Waals surface area contributed by atoms with E-state index >= 15 is 0 Å². The first-order valence-electron chi connectivity index (χ1n) is 12.6. The Kier molecular flexibility index (Phi) is 6.91. The third kappa shape index (κ3) is 5.06. The van der Waals surface area contributed by atoms with Gasteiger partial charge >= 0.3 is 0 Å². The van der Waals surface area contributed by atoms with Gasteiger partial charge in [0, 0.05) is 56.2 Å². The molecule has 0 aromatic carbocycles. The van der Waals surface area contributed by atoms with Gasteiger partial charge in [-0.3, -0.25) is 14.6 Å². The molecular weight excluding hydrogens is 458 g/mol. The number of carbonyl (C=O) groups excluding carboxylic acids is 2. The second-order valence-corrected chi connectivity index (χ2v) is 9.89. The summed E-state index contributed by atoms with van der Waals surface area (Å²) in [4.78, 5) is 38.0. The number of ether oxygens (including phenoxy) is 1. The van der Waals surface area contributed by atoms with Crippen LogP contribution in [0.3, 0.4) is 0 Å². The molecule has 1 atom stereocenters. The Morgan fingerprint density at radius 3 is 2.78 bits per heavy atom. The molecule has 0 bridgehead atoms. The first kappa shape index (κ1) is 24.2. The summed E-state index contributed by atoms with van der Waals surface area (Å²) in [6.07, 6.45) is 8.07. The van der Waals surface area contributed by atoms with E-state index in [1.54, 1.807) is 30.6 Å². The van der Waals surface area contributed by atoms with E-state index in [4.69, 9.17) is 9.15 Å². The summed E-state index contributed by atoms with van der Waals surface area (Å²) in [5, 5.41) is 3.03. The van der Waals surface area contributed by atoms with Crippen LogP contribution in [0.15, 0.2) is 40.0 Å². The van der Waals surface area contributed by atoms with E-state index in [1.807, 2.05) is 17.9 Å². The van der Waals surface area contributed by atoms with Gasteiger partial charge in [-0.05, 0) is 68.5 Å². The Labute approximate surface area is 211 Å². The maximum atomic E-state index is 13.2. The average Bonchev–Trinajstić information content (AvgIpc) is 3.45. The number of aryl methyl sites for hydroxylation is 1. The van der Waals surface area contributed by atoms with Crippen LogP contribution in [0.2, 0.25) is 0 Å². The summed E-state index contributed by atoms with van der Waals surface area (Å²) in [7, 11) is 0. The van der Waals surface area contributed by atoms with E-state index < -0.39 is 0 Å². The van der Waals surface area contributed by atoms with Crippen LogP contribution in [0.4, 0.5) is 5.82 Å². The minimum absolute atomic E-state index is 0.0666. The Hall–Kier alpha value is -3.46. The number of anilines is 1. The molecule has 1 N–H and O–H groups in total. The number of hydrogen-bond donors (Lipinski definition) is 1. The van der Waals surface area contributed by atoms with Crippen molar-refractivity contribution in [2.24, 2.45) is 16.3 Å². The van der Waals surface area contributed by atoms with E-state index in [0.29, 0.717) is 42.8 Å². The van der Waals surface area contributed by atoms with Crippen molar-refractivity contribution in [1.29, 1.82) is 0 Å². The minimum Gasteiger partial charge on any atom is -0.456 e. The third-order valence-corrected chi connectivity index (χ3v) is 7.78. The predicted molar refractivity (Wildman–Crippen MR) is 137 cm³/mol. The highest BCUT2D eigenvalue weighted by atomic mass is 16.5. The summed E-state index contributed by atoms with van der Waals surface area (Å²) < 4.78 is 11.0. The van der Waals surface area contributed by atoms with Crippen LogP contribution in [-0.2, 0) is 4.74 Å². The molecule has 2 aromatic rings. The molecule has 1 spiro atoms. The fraction of sp³-hybridized carbons (Fsp3) is 0.481. The largest absolute Gasteiger partial charge is 0.456 e. The number of carbonyl (C=O) groups is 2. The first-order chi connectivity index (χ1) is 17.5. The summed E-state index contributed by atoms with van der Waals surface area (Å²) in [6.45, 7) is 10.3. The van der Waals surface area contributed by atoms with Crippen LogP contribution in [0.25, 0.3) is 6.08 Å². The van der Waals surface area contributed by atoms with Gasteiger partial charge in [-0.2, -0.15) is 0 Å². The Balaban J connectivity index is 1.11. The van der Waals surface area contributed by atoms with Crippen molar-refractivity contribution in [1.82, 2.24) is 15.2 Å². The SMILES string of the molecule is C=N/C=C\c1cc(C(=O)NCC2CC23CCN(C(=O)c2ccnc(N4CCOCC4)c2)CC3)oc1C. The molecule has 1 aliphatic carbocycles. The molecular formula is C27H33N5O4. The summed E-state index contributed by atoms with van der Waals surface area (Å²) in [6, 6.07) is 5.43. The van der Waals surface area contributed by atoms with Crippen molar-refractivity contribution < 1.29 is 18.7 Å². The first-order valence-corrected chi connectivity index (χ1v) is 12.6. The number of pyridine rings is 1. The highest BCUT2D eigenvalue weighted by Crippen LogP contribution is 2.59. The lowest BCUT2D eigenvalue weighted by molar-refractivity contribution is 0.0668. The van der Waals surface area contributed by atoms with Gasteiger partial charge in [0.15, 0.2) is 5.76 Å². The predicted octanol–water partition coefficient (Wildman–Crippen LogP) is 3.16. The highest BCUT2D eigenvalue weighted by Gasteiger charge is 2.54. The van der Waals surface area contributed by atoms with Crippen molar-refractivity contribution in [3.05, 3.63) is 53.2 Å². The number of nitrogens with zero attached hydrogens (tertiary/aromatic N) is 4. The smallest absolute Gasteiger partial charge is 0.287 e. The molecule has 36 heavy (non-hydrogen) atoms. The second kappa shape index (κ2) is 10.3. The van der Waals surface area contributed by atoms with Gasteiger partial charge in [0.05, 0.1) is 13.2 Å². The van der Waals surface area contributed by atoms with Crippen LogP contribution in [0.5, 0.6) is 0 Å². The molecule has 2 aromatic heterocycles. The molecule has 0 radical (unpaired) electrons. The van der Waals surface area contributed by atoms with Gasteiger partial charge in [-0.1, -0.05) is 0 Å². The molecule has 9 nitrogen and oxygen atoms in total. The van der Waals surface area contributed by atoms with E-state index in [2.05, 4.69) is 26.9 Å². The summed E-state index contributed by atoms with van der Waals surface area (Å²) in [5.74, 6) is 2.12. The minimum atomic E-state index is -0.201. The molecule has 2 aliphatic heterocycles. The zero-order chi connectivity index (χ0) is 25.1. The van der Waals surface area contributed by atoms with Crippen LogP contribution in [-0.4, -0.2) is 74.4 Å². The number of aliphatic imine (C=N–C) groups is 1. The number of nitrogens with one attached hydrogen (secondary N) is 1. The standard InChI is InChI=1S/C27H33N5O4/c1-19-20(3-7-28-2)15-23(36-19)25(33)30-18-22-17-27(22)5-9-32(10-6-27)26(34)21-4-8-29-24(16-21)31-11-13-35-14-12-31/h3-4,7-8,15-16,22H,2,5-6,9-14,17-18H2,1H3,(H,30,33)/b7-3-. The maximum Gasteiger partial charge on any atom is 0.287 e. The Bertz CT molecular complexity index is 1160. The molecule has 4 heterocycles. The van der Waals surface area contributed by atoms with Crippen molar-refractivity contribution in [3.8, 4) is 0 Å². The van der Waals surface area contributed by atoms with Crippen molar-refractivity contribution in [2.75, 3.05) is 50.8 Å². The molecule has 9 heteroatoms. The van der Waals surface area contributed by atoms with Gasteiger partial charge < -0.3 is 24.3 Å². The second-order valence-electron chi connectivity index (χ2n) is 9.89. The number of likely N-dealkylation sites (tertiary alicyclic amines) is 1. The molecule has 2 amide bonds. The lowest BCUT2D eigenvalue weighted by atomic mass is 9.90. The Morgan fingerprint density at radius 2 is 2.03 bits per heavy atom. The van der Waals surface area contributed by atoms with Crippen molar-refractivity contribution >= 4 is 30.4 Å². The van der Waals surface area contributed by atoms with Crippen LogP contribution < -0.4 is 10.2 Å². The van der Waals surface area contributed by atoms with Gasteiger partial charge in [0.2, 0.25) is 0 Å². The topological polar surface area (TPSA) is 100 Å². The number of amides is 2. The summed E-state index contributed by atoms with van der Waals surface area (Å²) in [5.41, 5.74) is 1.73. The van der Waals surface area contributed by atoms with E-state index in [1.165, 1.54) is 0 Å². The number of hydrogen-bond acceptors (Lipinski definition) is 7. The zero-order valence-corrected chi connectivity index (χ0v) is 20.7. The van der Waals surface area contributed by atoms with E-state index in [-0.39, 0.29) is 17.2 Å². The molecule has 190 valence electrons. The molecule has 3 aliphatic rings. The number of furan rings is 1. The van der Waals surface area contributed by atoms with E-state index in [9.17, 15) is 9.59 Å². The Morgan fingerprint density at radius 1 is 1.25 bits per heavy atom. The van der Waals surface area contributed by atoms with Gasteiger partial charge in [-0.15, -0.1) is 0 Å². The fourth-order valence-corrected chi connectivity index (χ4v) is 5.40. The summed E-state index contributed by atoms with van der Waals surface area (Å²) >= 11 is 0. The zero-order valence-electron chi connectivity index (χ0n) is 20.7. The lowest BCUT2D eigenvalue weighted by Gasteiger charge is -2.33. The van der Waals surface area contributed by atoms with Gasteiger partial charge in [-0.25, -0.2) is 4.98 Å². The monoisotopic (exact) mass is 491 g/mol. The number of aromatic nitrogens is 1. The van der Waals surface area contributed by atoms with Gasteiger partial charge in [0.1, 0.15) is 11.6 Å². The maximum absolute atomic E-state index is 13.2. The molecule has 3 fully saturated rings. The fourth-order valence-electron chi connectivity index (χ4n) is 5.40. The number of piperidine rings is 1. The lowest BCUT2D eigenvalue weighted by Crippen LogP contribution is -2.40. The number of morpholine rings is 1. The van der Waals surface area contributed by atoms with Crippen LogP contribution in [0.1, 0.15) is 51.5 Å². The molecule has 2 saturated heterocycles. The van der Waals surface area contributed by atoms with Crippen molar-refractivity contribution in [2.45, 2.75) is 26.2 Å². The molecule has 1 unspecified atom stereocenters. The normalized spacial score (nSPS) is 21.1. The quantitative estimate of drug-likeness (QED) is 0.597. The van der Waals surface area contributed by atoms with Crippen LogP contribution in [0, 0.1) is 18.3 Å². The van der Waals surface area contributed by atoms with Crippen LogP contribution >= 0.6 is 0 Å².